The minimum Gasteiger partial charge on any atom is -0.381 e. The Labute approximate surface area is 95.0 Å². The van der Waals surface area contributed by atoms with Crippen molar-refractivity contribution in [1.29, 1.82) is 5.26 Å². The molecule has 2 heterocycles. The van der Waals surface area contributed by atoms with E-state index in [0.717, 1.165) is 43.7 Å². The molecule has 0 bridgehead atoms. The Kier molecular flexibility index (Phi) is 2.12. The van der Waals surface area contributed by atoms with Gasteiger partial charge in [0.1, 0.15) is 0 Å². The number of anilines is 1. The van der Waals surface area contributed by atoms with Gasteiger partial charge in [-0.25, -0.2) is 0 Å². The Morgan fingerprint density at radius 3 is 2.88 bits per heavy atom. The summed E-state index contributed by atoms with van der Waals surface area (Å²) in [6, 6.07) is 8.20. The fraction of sp³-hybridized carbons (Fsp3) is 0.462. The number of nitriles is 1. The van der Waals surface area contributed by atoms with E-state index in [-0.39, 0.29) is 5.54 Å². The summed E-state index contributed by atoms with van der Waals surface area (Å²) in [6.07, 6.45) is 3.04. The Bertz CT molecular complexity index is 455. The summed E-state index contributed by atoms with van der Waals surface area (Å²) in [5, 5.41) is 12.7. The Hall–Kier alpha value is -1.53. The third-order valence-corrected chi connectivity index (χ3v) is 3.66. The van der Waals surface area contributed by atoms with Crippen LogP contribution < -0.4 is 5.32 Å². The SMILES string of the molecule is N#Cc1cccc2c1CC1(CCOCC1)N2. The molecule has 82 valence electrons. The van der Waals surface area contributed by atoms with E-state index in [2.05, 4.69) is 17.5 Å². The quantitative estimate of drug-likeness (QED) is 0.719. The second kappa shape index (κ2) is 3.50. The van der Waals surface area contributed by atoms with Crippen LogP contribution in [-0.4, -0.2) is 18.8 Å². The van der Waals surface area contributed by atoms with E-state index in [0.29, 0.717) is 0 Å². The molecule has 0 aliphatic carbocycles. The lowest BCUT2D eigenvalue weighted by atomic mass is 9.86. The van der Waals surface area contributed by atoms with Crippen molar-refractivity contribution in [3.63, 3.8) is 0 Å². The zero-order chi connectivity index (χ0) is 11.0. The summed E-state index contributed by atoms with van der Waals surface area (Å²) in [5.41, 5.74) is 3.29. The summed E-state index contributed by atoms with van der Waals surface area (Å²) in [4.78, 5) is 0. The third-order valence-electron chi connectivity index (χ3n) is 3.66. The molecule has 2 aliphatic rings. The smallest absolute Gasteiger partial charge is 0.0995 e. The Morgan fingerprint density at radius 1 is 1.31 bits per heavy atom. The maximum atomic E-state index is 9.09. The van der Waals surface area contributed by atoms with E-state index in [1.54, 1.807) is 0 Å². The highest BCUT2D eigenvalue weighted by Gasteiger charge is 2.38. The van der Waals surface area contributed by atoms with Gasteiger partial charge in [-0.2, -0.15) is 5.26 Å². The predicted octanol–water partition coefficient (Wildman–Crippen LogP) is 2.08. The number of rotatable bonds is 0. The van der Waals surface area contributed by atoms with Crippen molar-refractivity contribution in [3.05, 3.63) is 29.3 Å². The second-order valence-corrected chi connectivity index (χ2v) is 4.64. The van der Waals surface area contributed by atoms with Crippen LogP contribution in [0, 0.1) is 11.3 Å². The van der Waals surface area contributed by atoms with Crippen molar-refractivity contribution >= 4 is 5.69 Å². The molecular weight excluding hydrogens is 200 g/mol. The van der Waals surface area contributed by atoms with Gasteiger partial charge in [0.2, 0.25) is 0 Å². The van der Waals surface area contributed by atoms with Crippen LogP contribution >= 0.6 is 0 Å². The van der Waals surface area contributed by atoms with Crippen LogP contribution in [0.3, 0.4) is 0 Å². The molecular formula is C13H14N2O. The highest BCUT2D eigenvalue weighted by molar-refractivity contribution is 5.64. The number of benzene rings is 1. The molecule has 3 rings (SSSR count). The molecule has 16 heavy (non-hydrogen) atoms. The number of hydrogen-bond acceptors (Lipinski definition) is 3. The van der Waals surface area contributed by atoms with Gasteiger partial charge in [-0.1, -0.05) is 6.07 Å². The molecule has 1 fully saturated rings. The van der Waals surface area contributed by atoms with Crippen LogP contribution in [0.4, 0.5) is 5.69 Å². The maximum absolute atomic E-state index is 9.09. The molecule has 0 atom stereocenters. The molecule has 3 nitrogen and oxygen atoms in total. The first kappa shape index (κ1) is 9.68. The van der Waals surface area contributed by atoms with Crippen molar-refractivity contribution in [2.45, 2.75) is 24.8 Å². The van der Waals surface area contributed by atoms with Gasteiger partial charge in [0.05, 0.1) is 11.6 Å². The van der Waals surface area contributed by atoms with Gasteiger partial charge in [-0.05, 0) is 37.0 Å². The molecule has 1 spiro atoms. The zero-order valence-electron chi connectivity index (χ0n) is 9.12. The average molecular weight is 214 g/mol. The normalized spacial score (nSPS) is 21.2. The summed E-state index contributed by atoms with van der Waals surface area (Å²) < 4.78 is 5.41. The van der Waals surface area contributed by atoms with Crippen molar-refractivity contribution < 1.29 is 4.74 Å². The molecule has 1 N–H and O–H groups in total. The highest BCUT2D eigenvalue weighted by Crippen LogP contribution is 2.39. The van der Waals surface area contributed by atoms with Crippen LogP contribution in [0.25, 0.3) is 0 Å². The lowest BCUT2D eigenvalue weighted by Crippen LogP contribution is -2.41. The fourth-order valence-electron chi connectivity index (χ4n) is 2.73. The molecule has 2 aliphatic heterocycles. The average Bonchev–Trinajstić information content (AvgIpc) is 2.67. The Balaban J connectivity index is 1.97. The minimum atomic E-state index is 0.146. The summed E-state index contributed by atoms with van der Waals surface area (Å²) >= 11 is 0. The first-order valence-electron chi connectivity index (χ1n) is 5.71. The van der Waals surface area contributed by atoms with Gasteiger partial charge in [-0.3, -0.25) is 0 Å². The van der Waals surface area contributed by atoms with Crippen molar-refractivity contribution in [1.82, 2.24) is 0 Å². The largest absolute Gasteiger partial charge is 0.381 e. The van der Waals surface area contributed by atoms with E-state index < -0.39 is 0 Å². The highest BCUT2D eigenvalue weighted by atomic mass is 16.5. The molecule has 0 amide bonds. The van der Waals surface area contributed by atoms with Crippen LogP contribution in [0.1, 0.15) is 24.0 Å². The monoisotopic (exact) mass is 214 g/mol. The zero-order valence-corrected chi connectivity index (χ0v) is 9.12. The molecule has 3 heteroatoms. The number of fused-ring (bicyclic) bond motifs is 1. The summed E-state index contributed by atoms with van der Waals surface area (Å²) in [5.74, 6) is 0. The molecule has 1 aromatic carbocycles. The van der Waals surface area contributed by atoms with Gasteiger partial charge in [-0.15, -0.1) is 0 Å². The van der Waals surface area contributed by atoms with Crippen molar-refractivity contribution in [2.24, 2.45) is 0 Å². The molecule has 0 saturated carbocycles. The van der Waals surface area contributed by atoms with Gasteiger partial charge < -0.3 is 10.1 Å². The van der Waals surface area contributed by atoms with Crippen LogP contribution in [-0.2, 0) is 11.2 Å². The lowest BCUT2D eigenvalue weighted by molar-refractivity contribution is 0.0624. The summed E-state index contributed by atoms with van der Waals surface area (Å²) in [7, 11) is 0. The Morgan fingerprint density at radius 2 is 2.12 bits per heavy atom. The van der Waals surface area contributed by atoms with Gasteiger partial charge in [0, 0.05) is 24.4 Å². The van der Waals surface area contributed by atoms with Crippen molar-refractivity contribution in [3.8, 4) is 6.07 Å². The van der Waals surface area contributed by atoms with E-state index in [9.17, 15) is 0 Å². The molecule has 1 aromatic rings. The minimum absolute atomic E-state index is 0.146. The van der Waals surface area contributed by atoms with E-state index >= 15 is 0 Å². The van der Waals surface area contributed by atoms with E-state index in [1.165, 1.54) is 5.56 Å². The predicted molar refractivity (Wildman–Crippen MR) is 61.3 cm³/mol. The standard InChI is InChI=1S/C13H14N2O/c14-9-10-2-1-3-12-11(10)8-13(15-12)4-6-16-7-5-13/h1-3,15H,4-8H2. The fourth-order valence-corrected chi connectivity index (χ4v) is 2.73. The first-order chi connectivity index (χ1) is 7.83. The van der Waals surface area contributed by atoms with Crippen LogP contribution in [0.5, 0.6) is 0 Å². The van der Waals surface area contributed by atoms with Crippen molar-refractivity contribution in [2.75, 3.05) is 18.5 Å². The van der Waals surface area contributed by atoms with Gasteiger partial charge >= 0.3 is 0 Å². The van der Waals surface area contributed by atoms with E-state index in [1.807, 2.05) is 12.1 Å². The van der Waals surface area contributed by atoms with Gasteiger partial charge in [0.15, 0.2) is 0 Å². The second-order valence-electron chi connectivity index (χ2n) is 4.64. The summed E-state index contributed by atoms with van der Waals surface area (Å²) in [6.45, 7) is 1.64. The lowest BCUT2D eigenvalue weighted by Gasteiger charge is -2.34. The number of hydrogen-bond donors (Lipinski definition) is 1. The maximum Gasteiger partial charge on any atom is 0.0995 e. The molecule has 1 saturated heterocycles. The third kappa shape index (κ3) is 1.38. The van der Waals surface area contributed by atoms with Gasteiger partial charge in [0.25, 0.3) is 0 Å². The molecule has 0 unspecified atom stereocenters. The topological polar surface area (TPSA) is 45.0 Å². The number of nitrogens with zero attached hydrogens (tertiary/aromatic N) is 1. The van der Waals surface area contributed by atoms with E-state index in [4.69, 9.17) is 10.00 Å². The van der Waals surface area contributed by atoms with Crippen LogP contribution in [0.15, 0.2) is 18.2 Å². The van der Waals surface area contributed by atoms with Crippen LogP contribution in [0.2, 0.25) is 0 Å². The number of nitrogens with one attached hydrogen (secondary N) is 1. The molecule has 0 radical (unpaired) electrons. The molecule has 0 aromatic heterocycles. The number of ether oxygens (including phenoxy) is 1. The first-order valence-corrected chi connectivity index (χ1v) is 5.71.